The maximum Gasteiger partial charge on any atom is 0.270 e. The van der Waals surface area contributed by atoms with Gasteiger partial charge in [-0.2, -0.15) is 0 Å². The minimum atomic E-state index is -0.329. The molecule has 0 atom stereocenters. The Labute approximate surface area is 113 Å². The van der Waals surface area contributed by atoms with Gasteiger partial charge in [0.05, 0.1) is 0 Å². The molecule has 1 heterocycles. The molecule has 0 unspecified atom stereocenters. The highest BCUT2D eigenvalue weighted by atomic mass is 16.2. The van der Waals surface area contributed by atoms with Crippen LogP contribution < -0.4 is 11.1 Å². The van der Waals surface area contributed by atoms with Crippen molar-refractivity contribution >= 4 is 16.7 Å². The maximum atomic E-state index is 12.3. The molecule has 3 N–H and O–H groups in total. The second kappa shape index (κ2) is 5.36. The van der Waals surface area contributed by atoms with Crippen molar-refractivity contribution in [2.45, 2.75) is 25.8 Å². The lowest BCUT2D eigenvalue weighted by atomic mass is 10.00. The van der Waals surface area contributed by atoms with Crippen molar-refractivity contribution < 1.29 is 4.79 Å². The van der Waals surface area contributed by atoms with Crippen LogP contribution in [-0.2, 0) is 0 Å². The number of amides is 1. The van der Waals surface area contributed by atoms with Crippen LogP contribution in [0.2, 0.25) is 0 Å². The number of hydrogen-bond donors (Lipinski definition) is 2. The van der Waals surface area contributed by atoms with Gasteiger partial charge in [-0.15, -0.1) is 0 Å². The van der Waals surface area contributed by atoms with Gasteiger partial charge in [0.2, 0.25) is 0 Å². The fourth-order valence-electron chi connectivity index (χ4n) is 2.09. The van der Waals surface area contributed by atoms with Crippen molar-refractivity contribution in [3.05, 3.63) is 42.2 Å². The van der Waals surface area contributed by atoms with Crippen LogP contribution in [0.15, 0.2) is 36.5 Å². The number of aromatic nitrogens is 1. The number of fused-ring (bicyclic) bond motifs is 1. The summed E-state index contributed by atoms with van der Waals surface area (Å²) in [6.07, 6.45) is 2.39. The zero-order valence-corrected chi connectivity index (χ0v) is 11.3. The molecule has 0 radical (unpaired) electrons. The van der Waals surface area contributed by atoms with Crippen LogP contribution in [0.4, 0.5) is 0 Å². The molecule has 2 rings (SSSR count). The van der Waals surface area contributed by atoms with E-state index in [2.05, 4.69) is 10.3 Å². The molecule has 2 aromatic rings. The average Bonchev–Trinajstić information content (AvgIpc) is 2.37. The molecular formula is C15H19N3O. The molecule has 4 nitrogen and oxygen atoms in total. The van der Waals surface area contributed by atoms with Crippen molar-refractivity contribution in [1.82, 2.24) is 10.3 Å². The summed E-state index contributed by atoms with van der Waals surface area (Å²) in [4.78, 5) is 16.5. The Morgan fingerprint density at radius 2 is 2.05 bits per heavy atom. The van der Waals surface area contributed by atoms with Crippen LogP contribution in [0, 0.1) is 0 Å². The predicted octanol–water partition coefficient (Wildman–Crippen LogP) is 2.09. The third kappa shape index (κ3) is 3.09. The number of pyridine rings is 1. The van der Waals surface area contributed by atoms with Crippen molar-refractivity contribution in [3.63, 3.8) is 0 Å². The van der Waals surface area contributed by atoms with E-state index in [1.165, 1.54) is 0 Å². The summed E-state index contributed by atoms with van der Waals surface area (Å²) in [7, 11) is 0. The zero-order valence-electron chi connectivity index (χ0n) is 11.3. The second-order valence-corrected chi connectivity index (χ2v) is 5.26. The van der Waals surface area contributed by atoms with Crippen molar-refractivity contribution in [1.29, 1.82) is 0 Å². The van der Waals surface area contributed by atoms with Crippen LogP contribution in [0.3, 0.4) is 0 Å². The van der Waals surface area contributed by atoms with Gasteiger partial charge in [0.15, 0.2) is 0 Å². The Balaban J connectivity index is 2.32. The van der Waals surface area contributed by atoms with Gasteiger partial charge in [-0.05, 0) is 38.3 Å². The summed E-state index contributed by atoms with van der Waals surface area (Å²) in [6.45, 7) is 4.46. The predicted molar refractivity (Wildman–Crippen MR) is 77.0 cm³/mol. The topological polar surface area (TPSA) is 68.0 Å². The number of nitrogens with zero attached hydrogens (tertiary/aromatic N) is 1. The summed E-state index contributed by atoms with van der Waals surface area (Å²) < 4.78 is 0. The molecular weight excluding hydrogens is 238 g/mol. The van der Waals surface area contributed by atoms with Crippen LogP contribution in [0.5, 0.6) is 0 Å². The van der Waals surface area contributed by atoms with Crippen LogP contribution >= 0.6 is 0 Å². The van der Waals surface area contributed by atoms with Crippen molar-refractivity contribution in [2.75, 3.05) is 6.54 Å². The first-order valence-electron chi connectivity index (χ1n) is 6.40. The molecule has 1 aromatic carbocycles. The fourth-order valence-corrected chi connectivity index (χ4v) is 2.09. The van der Waals surface area contributed by atoms with Gasteiger partial charge in [0.1, 0.15) is 5.69 Å². The summed E-state index contributed by atoms with van der Waals surface area (Å²) in [5.74, 6) is -0.157. The van der Waals surface area contributed by atoms with Gasteiger partial charge < -0.3 is 11.1 Å². The maximum absolute atomic E-state index is 12.3. The standard InChI is InChI=1S/C15H19N3O/c1-15(2,8-9-16)18-14(19)13-12-6-4-3-5-11(12)7-10-17-13/h3-7,10H,8-9,16H2,1-2H3,(H,18,19). The Bertz CT molecular complexity index is 587. The molecule has 0 aliphatic carbocycles. The lowest BCUT2D eigenvalue weighted by molar-refractivity contribution is 0.0907. The average molecular weight is 257 g/mol. The van der Waals surface area contributed by atoms with Gasteiger partial charge in [-0.25, -0.2) is 0 Å². The molecule has 4 heteroatoms. The Morgan fingerprint density at radius 3 is 2.79 bits per heavy atom. The third-order valence-electron chi connectivity index (χ3n) is 3.11. The summed E-state index contributed by atoms with van der Waals surface area (Å²) in [5, 5.41) is 4.86. The van der Waals surface area contributed by atoms with E-state index in [1.807, 2.05) is 44.2 Å². The SMILES string of the molecule is CC(C)(CCN)NC(=O)c1nccc2ccccc12. The number of hydrogen-bond acceptors (Lipinski definition) is 3. The van der Waals surface area contributed by atoms with Gasteiger partial charge >= 0.3 is 0 Å². The number of benzene rings is 1. The van der Waals surface area contributed by atoms with Gasteiger partial charge in [0.25, 0.3) is 5.91 Å². The van der Waals surface area contributed by atoms with E-state index >= 15 is 0 Å². The molecule has 0 aliphatic heterocycles. The van der Waals surface area contributed by atoms with E-state index in [4.69, 9.17) is 5.73 Å². The molecule has 0 saturated carbocycles. The largest absolute Gasteiger partial charge is 0.346 e. The normalized spacial score (nSPS) is 11.5. The lowest BCUT2D eigenvalue weighted by Gasteiger charge is -2.25. The van der Waals surface area contributed by atoms with Gasteiger partial charge in [-0.3, -0.25) is 9.78 Å². The Kier molecular flexibility index (Phi) is 3.81. The quantitative estimate of drug-likeness (QED) is 0.881. The number of rotatable bonds is 4. The molecule has 0 fully saturated rings. The number of carbonyl (C=O) groups excluding carboxylic acids is 1. The molecule has 19 heavy (non-hydrogen) atoms. The molecule has 0 saturated heterocycles. The third-order valence-corrected chi connectivity index (χ3v) is 3.11. The van der Waals surface area contributed by atoms with E-state index in [0.29, 0.717) is 12.2 Å². The number of carbonyl (C=O) groups is 1. The van der Waals surface area contributed by atoms with E-state index in [0.717, 1.165) is 17.2 Å². The summed E-state index contributed by atoms with van der Waals surface area (Å²) in [5.41, 5.74) is 5.69. The Morgan fingerprint density at radius 1 is 1.32 bits per heavy atom. The molecule has 0 aliphatic rings. The minimum Gasteiger partial charge on any atom is -0.346 e. The molecule has 1 aromatic heterocycles. The number of nitrogens with one attached hydrogen (secondary N) is 1. The number of nitrogens with two attached hydrogens (primary N) is 1. The van der Waals surface area contributed by atoms with Crippen molar-refractivity contribution in [3.8, 4) is 0 Å². The van der Waals surface area contributed by atoms with E-state index < -0.39 is 0 Å². The van der Waals surface area contributed by atoms with Gasteiger partial charge in [0, 0.05) is 17.1 Å². The van der Waals surface area contributed by atoms with Crippen molar-refractivity contribution in [2.24, 2.45) is 5.73 Å². The van der Waals surface area contributed by atoms with Crippen LogP contribution in [0.25, 0.3) is 10.8 Å². The highest BCUT2D eigenvalue weighted by molar-refractivity contribution is 6.05. The first-order valence-corrected chi connectivity index (χ1v) is 6.40. The molecule has 0 bridgehead atoms. The summed E-state index contributed by atoms with van der Waals surface area (Å²) >= 11 is 0. The first-order chi connectivity index (χ1) is 9.03. The summed E-state index contributed by atoms with van der Waals surface area (Å²) in [6, 6.07) is 9.64. The van der Waals surface area contributed by atoms with E-state index in [9.17, 15) is 4.79 Å². The van der Waals surface area contributed by atoms with Gasteiger partial charge in [-0.1, -0.05) is 24.3 Å². The first kappa shape index (κ1) is 13.5. The van der Waals surface area contributed by atoms with Crippen LogP contribution in [0.1, 0.15) is 30.8 Å². The minimum absolute atomic E-state index is 0.157. The lowest BCUT2D eigenvalue weighted by Crippen LogP contribution is -2.45. The second-order valence-electron chi connectivity index (χ2n) is 5.26. The Hall–Kier alpha value is -1.94. The highest BCUT2D eigenvalue weighted by Crippen LogP contribution is 2.17. The molecule has 0 spiro atoms. The highest BCUT2D eigenvalue weighted by Gasteiger charge is 2.21. The molecule has 100 valence electrons. The van der Waals surface area contributed by atoms with E-state index in [-0.39, 0.29) is 11.4 Å². The van der Waals surface area contributed by atoms with E-state index in [1.54, 1.807) is 6.20 Å². The smallest absolute Gasteiger partial charge is 0.270 e. The van der Waals surface area contributed by atoms with Crippen LogP contribution in [-0.4, -0.2) is 23.0 Å². The molecule has 1 amide bonds. The monoisotopic (exact) mass is 257 g/mol. The fraction of sp³-hybridized carbons (Fsp3) is 0.333. The zero-order chi connectivity index (χ0) is 13.9.